The first kappa shape index (κ1) is 19.5. The summed E-state index contributed by atoms with van der Waals surface area (Å²) in [5.41, 5.74) is 3.62. The summed E-state index contributed by atoms with van der Waals surface area (Å²) >= 11 is 3.43. The van der Waals surface area contributed by atoms with Crippen LogP contribution in [0, 0.1) is 10.1 Å². The fraction of sp³-hybridized carbons (Fsp3) is 0.100. The van der Waals surface area contributed by atoms with Crippen LogP contribution < -0.4 is 10.2 Å². The number of amides is 1. The van der Waals surface area contributed by atoms with Crippen LogP contribution in [-0.2, 0) is 4.79 Å². The van der Waals surface area contributed by atoms with Crippen molar-refractivity contribution in [1.29, 1.82) is 0 Å². The third-order valence-corrected chi connectivity index (χ3v) is 4.48. The average Bonchev–Trinajstić information content (AvgIpc) is 2.70. The molecule has 0 saturated carbocycles. The van der Waals surface area contributed by atoms with Gasteiger partial charge in [0.25, 0.3) is 11.6 Å². The van der Waals surface area contributed by atoms with Gasteiger partial charge in [-0.2, -0.15) is 5.10 Å². The Hall–Kier alpha value is -3.26. The minimum absolute atomic E-state index is 0.00303. The average molecular weight is 442 g/mol. The summed E-state index contributed by atoms with van der Waals surface area (Å²) in [6.07, 6.45) is 0. The molecule has 142 valence electrons. The lowest BCUT2D eigenvalue weighted by Crippen LogP contribution is -2.25. The molecule has 1 amide bonds. The third kappa shape index (κ3) is 4.92. The minimum atomic E-state index is -0.471. The van der Waals surface area contributed by atoms with E-state index in [2.05, 4.69) is 26.5 Å². The number of hydrazone groups is 1. The fourth-order valence-corrected chi connectivity index (χ4v) is 2.88. The number of nitro benzene ring substituents is 1. The number of rotatable bonds is 6. The van der Waals surface area contributed by atoms with Crippen LogP contribution in [0.15, 0.2) is 70.2 Å². The van der Waals surface area contributed by atoms with Gasteiger partial charge in [-0.05, 0) is 59.7 Å². The van der Waals surface area contributed by atoms with E-state index in [9.17, 15) is 14.9 Å². The van der Waals surface area contributed by atoms with Crippen molar-refractivity contribution in [3.8, 4) is 5.75 Å². The molecule has 1 N–H and O–H groups in total. The maximum absolute atomic E-state index is 12.0. The van der Waals surface area contributed by atoms with Crippen LogP contribution in [0.5, 0.6) is 5.75 Å². The van der Waals surface area contributed by atoms with Gasteiger partial charge in [-0.15, -0.1) is 0 Å². The SMILES string of the molecule is CC(=NNC(=O)COc1ccc2cc(Br)ccc2c1)c1ccc([N+](=O)[O-])cc1. The number of hydrogen-bond acceptors (Lipinski definition) is 5. The third-order valence-electron chi connectivity index (χ3n) is 3.99. The Morgan fingerprint density at radius 3 is 2.50 bits per heavy atom. The summed E-state index contributed by atoms with van der Waals surface area (Å²) in [5, 5.41) is 16.8. The fourth-order valence-electron chi connectivity index (χ4n) is 2.50. The zero-order chi connectivity index (χ0) is 20.1. The van der Waals surface area contributed by atoms with E-state index in [1.165, 1.54) is 12.1 Å². The van der Waals surface area contributed by atoms with Crippen molar-refractivity contribution in [2.45, 2.75) is 6.92 Å². The van der Waals surface area contributed by atoms with Crippen molar-refractivity contribution < 1.29 is 14.5 Å². The molecule has 8 heteroatoms. The topological polar surface area (TPSA) is 93.8 Å². The number of non-ortho nitro benzene ring substituents is 1. The standard InChI is InChI=1S/C20H16BrN3O4/c1-13(14-3-7-18(8-4-14)24(26)27)22-23-20(25)12-28-19-9-5-15-10-17(21)6-2-16(15)11-19/h2-11H,12H2,1H3,(H,23,25). The number of fused-ring (bicyclic) bond motifs is 1. The van der Waals surface area contributed by atoms with Crippen LogP contribution in [-0.4, -0.2) is 23.1 Å². The Balaban J connectivity index is 1.57. The highest BCUT2D eigenvalue weighted by atomic mass is 79.9. The smallest absolute Gasteiger partial charge is 0.277 e. The first-order valence-electron chi connectivity index (χ1n) is 8.32. The van der Waals surface area contributed by atoms with Gasteiger partial charge in [-0.3, -0.25) is 14.9 Å². The molecule has 0 unspecified atom stereocenters. The lowest BCUT2D eigenvalue weighted by atomic mass is 10.1. The number of hydrogen-bond donors (Lipinski definition) is 1. The summed E-state index contributed by atoms with van der Waals surface area (Å²) in [4.78, 5) is 22.2. The van der Waals surface area contributed by atoms with Crippen molar-refractivity contribution in [2.24, 2.45) is 5.10 Å². The molecule has 3 aromatic rings. The highest BCUT2D eigenvalue weighted by molar-refractivity contribution is 9.10. The van der Waals surface area contributed by atoms with Crippen molar-refractivity contribution in [2.75, 3.05) is 6.61 Å². The molecule has 3 rings (SSSR count). The molecule has 0 spiro atoms. The Morgan fingerprint density at radius 2 is 1.79 bits per heavy atom. The van der Waals surface area contributed by atoms with Crippen LogP contribution in [0.4, 0.5) is 5.69 Å². The number of nitro groups is 1. The van der Waals surface area contributed by atoms with E-state index in [-0.39, 0.29) is 12.3 Å². The zero-order valence-corrected chi connectivity index (χ0v) is 16.5. The molecule has 0 saturated heterocycles. The number of carbonyl (C=O) groups is 1. The molecule has 3 aromatic carbocycles. The van der Waals surface area contributed by atoms with Crippen molar-refractivity contribution in [3.05, 3.63) is 80.8 Å². The Bertz CT molecular complexity index is 1060. The molecule has 0 aliphatic rings. The summed E-state index contributed by atoms with van der Waals surface area (Å²) in [5.74, 6) is 0.179. The van der Waals surface area contributed by atoms with E-state index in [4.69, 9.17) is 4.74 Å². The maximum atomic E-state index is 12.0. The van der Waals surface area contributed by atoms with Crippen LogP contribution in [0.1, 0.15) is 12.5 Å². The molecule has 7 nitrogen and oxygen atoms in total. The summed E-state index contributed by atoms with van der Waals surface area (Å²) in [6, 6.07) is 17.4. The number of nitrogens with one attached hydrogen (secondary N) is 1. The molecule has 0 bridgehead atoms. The molecular weight excluding hydrogens is 426 g/mol. The van der Waals surface area contributed by atoms with Gasteiger partial charge in [0.15, 0.2) is 6.61 Å². The van der Waals surface area contributed by atoms with Crippen LogP contribution >= 0.6 is 15.9 Å². The second-order valence-corrected chi connectivity index (χ2v) is 6.89. The maximum Gasteiger partial charge on any atom is 0.277 e. The van der Waals surface area contributed by atoms with Gasteiger partial charge in [-0.1, -0.05) is 28.1 Å². The van der Waals surface area contributed by atoms with Gasteiger partial charge < -0.3 is 4.74 Å². The highest BCUT2D eigenvalue weighted by Crippen LogP contribution is 2.24. The predicted octanol–water partition coefficient (Wildman–Crippen LogP) is 4.43. The number of halogens is 1. The lowest BCUT2D eigenvalue weighted by Gasteiger charge is -2.07. The van der Waals surface area contributed by atoms with E-state index < -0.39 is 10.8 Å². The van der Waals surface area contributed by atoms with Crippen LogP contribution in [0.25, 0.3) is 10.8 Å². The van der Waals surface area contributed by atoms with Gasteiger partial charge >= 0.3 is 0 Å². The Kier molecular flexibility index (Phi) is 6.00. The molecule has 0 heterocycles. The number of benzene rings is 3. The number of carbonyl (C=O) groups excluding carboxylic acids is 1. The molecule has 28 heavy (non-hydrogen) atoms. The highest BCUT2D eigenvalue weighted by Gasteiger charge is 2.07. The quantitative estimate of drug-likeness (QED) is 0.347. The second-order valence-electron chi connectivity index (χ2n) is 5.98. The zero-order valence-electron chi connectivity index (χ0n) is 14.9. The summed E-state index contributed by atoms with van der Waals surface area (Å²) in [6.45, 7) is 1.52. The molecule has 0 radical (unpaired) electrons. The van der Waals surface area contributed by atoms with Crippen molar-refractivity contribution in [3.63, 3.8) is 0 Å². The molecule has 0 fully saturated rings. The summed E-state index contributed by atoms with van der Waals surface area (Å²) in [7, 11) is 0. The number of nitrogens with zero attached hydrogens (tertiary/aromatic N) is 2. The van der Waals surface area contributed by atoms with E-state index in [1.54, 1.807) is 25.1 Å². The normalized spacial score (nSPS) is 11.3. The summed E-state index contributed by atoms with van der Waals surface area (Å²) < 4.78 is 6.51. The van der Waals surface area contributed by atoms with Crippen molar-refractivity contribution in [1.82, 2.24) is 5.43 Å². The van der Waals surface area contributed by atoms with E-state index >= 15 is 0 Å². The van der Waals surface area contributed by atoms with Gasteiger partial charge in [-0.25, -0.2) is 5.43 Å². The van der Waals surface area contributed by atoms with Gasteiger partial charge in [0.2, 0.25) is 0 Å². The monoisotopic (exact) mass is 441 g/mol. The molecular formula is C20H16BrN3O4. The van der Waals surface area contributed by atoms with Crippen molar-refractivity contribution >= 4 is 44.0 Å². The second kappa shape index (κ2) is 8.62. The lowest BCUT2D eigenvalue weighted by molar-refractivity contribution is -0.384. The Morgan fingerprint density at radius 1 is 1.11 bits per heavy atom. The minimum Gasteiger partial charge on any atom is -0.484 e. The molecule has 0 aliphatic carbocycles. The predicted molar refractivity (Wildman–Crippen MR) is 111 cm³/mol. The van der Waals surface area contributed by atoms with Gasteiger partial charge in [0.1, 0.15) is 5.75 Å². The van der Waals surface area contributed by atoms with E-state index in [0.29, 0.717) is 17.0 Å². The van der Waals surface area contributed by atoms with Crippen LogP contribution in [0.2, 0.25) is 0 Å². The first-order chi connectivity index (χ1) is 13.4. The first-order valence-corrected chi connectivity index (χ1v) is 9.12. The molecule has 0 aromatic heterocycles. The van der Waals surface area contributed by atoms with E-state index in [1.807, 2.05) is 30.3 Å². The van der Waals surface area contributed by atoms with Gasteiger partial charge in [0.05, 0.1) is 10.6 Å². The Labute approximate surface area is 169 Å². The molecule has 0 aliphatic heterocycles. The van der Waals surface area contributed by atoms with E-state index in [0.717, 1.165) is 15.2 Å². The largest absolute Gasteiger partial charge is 0.484 e. The van der Waals surface area contributed by atoms with Crippen LogP contribution in [0.3, 0.4) is 0 Å². The van der Waals surface area contributed by atoms with Gasteiger partial charge in [0, 0.05) is 16.6 Å². The molecule has 0 atom stereocenters. The number of ether oxygens (including phenoxy) is 1.